The fourth-order valence-electron chi connectivity index (χ4n) is 2.90. The molecule has 0 aromatic heterocycles. The van der Waals surface area contributed by atoms with E-state index in [-0.39, 0.29) is 10.6 Å². The van der Waals surface area contributed by atoms with Crippen molar-refractivity contribution in [2.45, 2.75) is 43.0 Å². The van der Waals surface area contributed by atoms with Crippen LogP contribution in [0.25, 0.3) is 0 Å². The first kappa shape index (κ1) is 15.3. The Bertz CT molecular complexity index is 447. The Morgan fingerprint density at radius 1 is 1.35 bits per heavy atom. The summed E-state index contributed by atoms with van der Waals surface area (Å²) in [5.41, 5.74) is 0.219. The van der Waals surface area contributed by atoms with E-state index in [0.29, 0.717) is 12.0 Å². The topological polar surface area (TPSA) is 55.2 Å². The summed E-state index contributed by atoms with van der Waals surface area (Å²) in [5.74, 6) is 1.61. The van der Waals surface area contributed by atoms with E-state index in [2.05, 4.69) is 5.32 Å². The summed E-state index contributed by atoms with van der Waals surface area (Å²) in [7, 11) is 2.00. The maximum absolute atomic E-state index is 11.0. The SMILES string of the molecule is CNC(CSc1ccccc1[N+](=O)[O-])C1CCCCC1. The van der Waals surface area contributed by atoms with Crippen LogP contribution < -0.4 is 5.32 Å². The molecule has 1 fully saturated rings. The van der Waals surface area contributed by atoms with E-state index in [0.717, 1.165) is 10.6 Å². The molecule has 5 heteroatoms. The van der Waals surface area contributed by atoms with Crippen molar-refractivity contribution in [2.24, 2.45) is 5.92 Å². The molecule has 0 amide bonds. The lowest BCUT2D eigenvalue weighted by Gasteiger charge is -2.29. The zero-order valence-corrected chi connectivity index (χ0v) is 12.7. The predicted octanol–water partition coefficient (Wildman–Crippen LogP) is 3.86. The number of benzene rings is 1. The van der Waals surface area contributed by atoms with E-state index in [1.165, 1.54) is 32.1 Å². The van der Waals surface area contributed by atoms with Crippen molar-refractivity contribution in [3.05, 3.63) is 34.4 Å². The smallest absolute Gasteiger partial charge is 0.282 e. The highest BCUT2D eigenvalue weighted by Gasteiger charge is 2.23. The van der Waals surface area contributed by atoms with Gasteiger partial charge in [-0.25, -0.2) is 0 Å². The first-order chi connectivity index (χ1) is 9.72. The van der Waals surface area contributed by atoms with Crippen LogP contribution in [0.15, 0.2) is 29.2 Å². The molecule has 0 aliphatic heterocycles. The van der Waals surface area contributed by atoms with E-state index in [1.54, 1.807) is 23.9 Å². The summed E-state index contributed by atoms with van der Waals surface area (Å²) in [6.45, 7) is 0. The maximum Gasteiger partial charge on any atom is 0.282 e. The van der Waals surface area contributed by atoms with Gasteiger partial charge < -0.3 is 5.32 Å². The lowest BCUT2D eigenvalue weighted by atomic mass is 9.84. The van der Waals surface area contributed by atoms with Crippen LogP contribution in [0, 0.1) is 16.0 Å². The third-order valence-electron chi connectivity index (χ3n) is 4.07. The lowest BCUT2D eigenvalue weighted by Crippen LogP contribution is -2.36. The van der Waals surface area contributed by atoms with E-state index in [9.17, 15) is 10.1 Å². The van der Waals surface area contributed by atoms with Gasteiger partial charge in [0.05, 0.1) is 9.82 Å². The molecular formula is C15H22N2O2S. The molecule has 1 unspecified atom stereocenters. The number of nitro benzene ring substituents is 1. The Morgan fingerprint density at radius 2 is 2.05 bits per heavy atom. The molecular weight excluding hydrogens is 272 g/mol. The Kier molecular flexibility index (Phi) is 5.86. The highest BCUT2D eigenvalue weighted by molar-refractivity contribution is 7.99. The molecule has 20 heavy (non-hydrogen) atoms. The summed E-state index contributed by atoms with van der Waals surface area (Å²) in [4.78, 5) is 11.5. The number of rotatable bonds is 6. The third-order valence-corrected chi connectivity index (χ3v) is 5.25. The van der Waals surface area contributed by atoms with Gasteiger partial charge in [0, 0.05) is 17.9 Å². The number of hydrogen-bond acceptors (Lipinski definition) is 4. The summed E-state index contributed by atoms with van der Waals surface area (Å²) in [6.07, 6.45) is 6.55. The lowest BCUT2D eigenvalue weighted by molar-refractivity contribution is -0.387. The van der Waals surface area contributed by atoms with Crippen LogP contribution in [0.4, 0.5) is 5.69 Å². The van der Waals surface area contributed by atoms with Gasteiger partial charge in [-0.2, -0.15) is 0 Å². The van der Waals surface area contributed by atoms with Crippen LogP contribution in [0.5, 0.6) is 0 Å². The Labute approximate surface area is 124 Å². The molecule has 0 radical (unpaired) electrons. The standard InChI is InChI=1S/C15H22N2O2S/c1-16-13(12-7-3-2-4-8-12)11-20-15-10-6-5-9-14(15)17(18)19/h5-6,9-10,12-13,16H,2-4,7-8,11H2,1H3. The van der Waals surface area contributed by atoms with Gasteiger partial charge in [-0.05, 0) is 31.9 Å². The van der Waals surface area contributed by atoms with E-state index in [4.69, 9.17) is 0 Å². The van der Waals surface area contributed by atoms with Crippen LogP contribution in [0.2, 0.25) is 0 Å². The van der Waals surface area contributed by atoms with E-state index >= 15 is 0 Å². The first-order valence-electron chi connectivity index (χ1n) is 7.26. The summed E-state index contributed by atoms with van der Waals surface area (Å²) < 4.78 is 0. The summed E-state index contributed by atoms with van der Waals surface area (Å²) in [5, 5.41) is 14.4. The van der Waals surface area contributed by atoms with Gasteiger partial charge >= 0.3 is 0 Å². The minimum Gasteiger partial charge on any atom is -0.316 e. The maximum atomic E-state index is 11.0. The number of nitrogens with one attached hydrogen (secondary N) is 1. The van der Waals surface area contributed by atoms with Crippen molar-refractivity contribution < 1.29 is 4.92 Å². The number of nitrogens with zero attached hydrogens (tertiary/aromatic N) is 1. The van der Waals surface area contributed by atoms with Crippen LogP contribution >= 0.6 is 11.8 Å². The second kappa shape index (κ2) is 7.64. The van der Waals surface area contributed by atoms with Crippen molar-refractivity contribution >= 4 is 17.4 Å². The number of nitro groups is 1. The van der Waals surface area contributed by atoms with Gasteiger partial charge in [0.25, 0.3) is 5.69 Å². The molecule has 1 aliphatic rings. The number of thioether (sulfide) groups is 1. The summed E-state index contributed by atoms with van der Waals surface area (Å²) >= 11 is 1.60. The second-order valence-corrected chi connectivity index (χ2v) is 6.39. The van der Waals surface area contributed by atoms with Crippen molar-refractivity contribution in [1.82, 2.24) is 5.32 Å². The van der Waals surface area contributed by atoms with Crippen molar-refractivity contribution in [3.63, 3.8) is 0 Å². The van der Waals surface area contributed by atoms with E-state index < -0.39 is 0 Å². The quantitative estimate of drug-likeness (QED) is 0.492. The van der Waals surface area contributed by atoms with Crippen LogP contribution in [0.1, 0.15) is 32.1 Å². The largest absolute Gasteiger partial charge is 0.316 e. The van der Waals surface area contributed by atoms with Crippen molar-refractivity contribution in [3.8, 4) is 0 Å². The zero-order chi connectivity index (χ0) is 14.4. The molecule has 0 heterocycles. The van der Waals surface area contributed by atoms with E-state index in [1.807, 2.05) is 19.2 Å². The normalized spacial score (nSPS) is 17.9. The molecule has 1 aromatic rings. The molecule has 1 aromatic carbocycles. The molecule has 110 valence electrons. The number of hydrogen-bond donors (Lipinski definition) is 1. The minimum atomic E-state index is -0.294. The molecule has 4 nitrogen and oxygen atoms in total. The molecule has 1 saturated carbocycles. The molecule has 1 atom stereocenters. The molecule has 0 spiro atoms. The van der Waals surface area contributed by atoms with Gasteiger partial charge in [0.15, 0.2) is 0 Å². The molecule has 1 aliphatic carbocycles. The minimum absolute atomic E-state index is 0.219. The average molecular weight is 294 g/mol. The average Bonchev–Trinajstić information content (AvgIpc) is 2.49. The second-order valence-electron chi connectivity index (χ2n) is 5.33. The molecule has 0 bridgehead atoms. The third kappa shape index (κ3) is 3.96. The zero-order valence-electron chi connectivity index (χ0n) is 11.9. The summed E-state index contributed by atoms with van der Waals surface area (Å²) in [6, 6.07) is 7.46. The highest BCUT2D eigenvalue weighted by atomic mass is 32.2. The van der Waals surface area contributed by atoms with Crippen LogP contribution in [-0.2, 0) is 0 Å². The molecule has 1 N–H and O–H groups in total. The Hall–Kier alpha value is -1.07. The fraction of sp³-hybridized carbons (Fsp3) is 0.600. The van der Waals surface area contributed by atoms with Gasteiger partial charge in [-0.15, -0.1) is 11.8 Å². The number of para-hydroxylation sites is 1. The van der Waals surface area contributed by atoms with Crippen LogP contribution in [0.3, 0.4) is 0 Å². The van der Waals surface area contributed by atoms with Crippen molar-refractivity contribution in [1.29, 1.82) is 0 Å². The molecule has 0 saturated heterocycles. The highest BCUT2D eigenvalue weighted by Crippen LogP contribution is 2.32. The fourth-order valence-corrected chi connectivity index (χ4v) is 4.16. The van der Waals surface area contributed by atoms with Gasteiger partial charge in [0.2, 0.25) is 0 Å². The van der Waals surface area contributed by atoms with Gasteiger partial charge in [-0.1, -0.05) is 31.4 Å². The Morgan fingerprint density at radius 3 is 2.70 bits per heavy atom. The van der Waals surface area contributed by atoms with Gasteiger partial charge in [-0.3, -0.25) is 10.1 Å². The van der Waals surface area contributed by atoms with Gasteiger partial charge in [0.1, 0.15) is 0 Å². The molecule has 2 rings (SSSR count). The van der Waals surface area contributed by atoms with Crippen LogP contribution in [-0.4, -0.2) is 23.8 Å². The predicted molar refractivity (Wildman–Crippen MR) is 83.2 cm³/mol. The first-order valence-corrected chi connectivity index (χ1v) is 8.24. The monoisotopic (exact) mass is 294 g/mol. The Balaban J connectivity index is 1.97. The van der Waals surface area contributed by atoms with Crippen molar-refractivity contribution in [2.75, 3.05) is 12.8 Å².